The molecule has 0 radical (unpaired) electrons. The molecule has 0 amide bonds. The number of carbonyl (C=O) groups excluding carboxylic acids is 2. The van der Waals surface area contributed by atoms with Crippen LogP contribution in [0.2, 0.25) is 0 Å². The minimum Gasteiger partial charge on any atom is -0.462 e. The van der Waals surface area contributed by atoms with E-state index in [1.54, 1.807) is 11.3 Å². The van der Waals surface area contributed by atoms with Gasteiger partial charge in [-0.1, -0.05) is 36.4 Å². The van der Waals surface area contributed by atoms with Gasteiger partial charge < -0.3 is 10.1 Å². The first-order valence-electron chi connectivity index (χ1n) is 9.63. The number of carbonyl (C=O) groups is 2. The van der Waals surface area contributed by atoms with Gasteiger partial charge in [0, 0.05) is 34.7 Å². The Bertz CT molecular complexity index is 941. The molecular weight excluding hydrogens is 370 g/mol. The maximum absolute atomic E-state index is 13.0. The van der Waals surface area contributed by atoms with E-state index in [9.17, 15) is 9.59 Å². The van der Waals surface area contributed by atoms with Crippen LogP contribution in [0.5, 0.6) is 0 Å². The average molecular weight is 394 g/mol. The van der Waals surface area contributed by atoms with Crippen molar-refractivity contribution in [1.29, 1.82) is 0 Å². The van der Waals surface area contributed by atoms with Gasteiger partial charge >= 0.3 is 5.97 Å². The first-order valence-corrected chi connectivity index (χ1v) is 10.5. The fourth-order valence-electron chi connectivity index (χ4n) is 3.98. The fourth-order valence-corrected chi connectivity index (χ4v) is 4.82. The van der Waals surface area contributed by atoms with E-state index in [1.807, 2.05) is 54.8 Å². The van der Waals surface area contributed by atoms with Crippen molar-refractivity contribution in [2.45, 2.75) is 38.5 Å². The molecule has 2 heterocycles. The smallest absolute Gasteiger partial charge is 0.336 e. The number of ether oxygens (including phenoxy) is 1. The van der Waals surface area contributed by atoms with Crippen molar-refractivity contribution in [3.8, 4) is 0 Å². The highest BCUT2D eigenvalue weighted by atomic mass is 32.1. The Kier molecular flexibility index (Phi) is 5.44. The van der Waals surface area contributed by atoms with Crippen LogP contribution in [0.3, 0.4) is 0 Å². The summed E-state index contributed by atoms with van der Waals surface area (Å²) in [7, 11) is 0. The maximum atomic E-state index is 13.0. The minimum absolute atomic E-state index is 0.134. The van der Waals surface area contributed by atoms with Gasteiger partial charge in [0.15, 0.2) is 5.78 Å². The van der Waals surface area contributed by atoms with Crippen LogP contribution in [0.15, 0.2) is 70.4 Å². The first-order chi connectivity index (χ1) is 13.6. The van der Waals surface area contributed by atoms with Gasteiger partial charge in [0.05, 0.1) is 18.1 Å². The molecule has 1 aliphatic carbocycles. The number of allylic oxidation sites excluding steroid dienone is 3. The van der Waals surface area contributed by atoms with Crippen molar-refractivity contribution in [2.75, 3.05) is 6.61 Å². The molecule has 2 aromatic rings. The molecule has 1 N–H and O–H groups in total. The Labute approximate surface area is 168 Å². The average Bonchev–Trinajstić information content (AvgIpc) is 3.22. The normalized spacial score (nSPS) is 19.3. The van der Waals surface area contributed by atoms with Crippen molar-refractivity contribution in [3.63, 3.8) is 0 Å². The standard InChI is InChI=1S/C23H23NO3S/c1-15-20(23(26)27-13-12-16-7-3-2-4-8-16)22(19-11-6-14-28-19)21-17(24-15)9-5-10-18(21)25/h2-4,6-8,11,14,22,24H,5,9-10,12-13H2,1H3/t22-/m0/s1. The summed E-state index contributed by atoms with van der Waals surface area (Å²) in [5.74, 6) is -0.535. The predicted molar refractivity (Wildman–Crippen MR) is 110 cm³/mol. The Morgan fingerprint density at radius 2 is 2.00 bits per heavy atom. The maximum Gasteiger partial charge on any atom is 0.336 e. The van der Waals surface area contributed by atoms with Crippen molar-refractivity contribution >= 4 is 23.1 Å². The van der Waals surface area contributed by atoms with Crippen molar-refractivity contribution in [3.05, 3.63) is 80.8 Å². The minimum atomic E-state index is -0.343. The van der Waals surface area contributed by atoms with Gasteiger partial charge in [0.1, 0.15) is 0 Å². The summed E-state index contributed by atoms with van der Waals surface area (Å²) in [5.41, 5.74) is 4.19. The predicted octanol–water partition coefficient (Wildman–Crippen LogP) is 4.50. The lowest BCUT2D eigenvalue weighted by Gasteiger charge is -2.33. The number of nitrogens with one attached hydrogen (secondary N) is 1. The van der Waals surface area contributed by atoms with Crippen molar-refractivity contribution in [1.82, 2.24) is 5.32 Å². The van der Waals surface area contributed by atoms with Gasteiger partial charge in [0.25, 0.3) is 0 Å². The number of rotatable bonds is 5. The topological polar surface area (TPSA) is 55.4 Å². The van der Waals surface area contributed by atoms with Gasteiger partial charge in [-0.2, -0.15) is 0 Å². The molecule has 144 valence electrons. The number of esters is 1. The molecule has 1 aromatic carbocycles. The lowest BCUT2D eigenvalue weighted by Crippen LogP contribution is -2.34. The molecule has 2 aliphatic rings. The summed E-state index contributed by atoms with van der Waals surface area (Å²) in [5, 5.41) is 5.31. The molecular formula is C23H23NO3S. The SMILES string of the molecule is CC1=C(C(=O)OCCc2ccccc2)[C@H](c2cccs2)C2=C(CCCC2=O)N1. The molecule has 4 nitrogen and oxygen atoms in total. The summed E-state index contributed by atoms with van der Waals surface area (Å²) >= 11 is 1.58. The highest BCUT2D eigenvalue weighted by Crippen LogP contribution is 2.43. The van der Waals surface area contributed by atoms with E-state index in [1.165, 1.54) is 0 Å². The molecule has 0 spiro atoms. The van der Waals surface area contributed by atoms with Crippen LogP contribution in [0, 0.1) is 0 Å². The van der Waals surface area contributed by atoms with E-state index < -0.39 is 0 Å². The van der Waals surface area contributed by atoms with Crippen LogP contribution in [-0.2, 0) is 20.7 Å². The van der Waals surface area contributed by atoms with Crippen LogP contribution < -0.4 is 5.32 Å². The Morgan fingerprint density at radius 3 is 2.75 bits per heavy atom. The highest BCUT2D eigenvalue weighted by molar-refractivity contribution is 7.10. The van der Waals surface area contributed by atoms with Crippen molar-refractivity contribution in [2.24, 2.45) is 0 Å². The fraction of sp³-hybridized carbons (Fsp3) is 0.304. The molecule has 0 fully saturated rings. The lowest BCUT2D eigenvalue weighted by atomic mass is 9.78. The number of dihydropyridines is 1. The summed E-state index contributed by atoms with van der Waals surface area (Å²) in [6.07, 6.45) is 2.91. The number of hydrogen-bond acceptors (Lipinski definition) is 5. The molecule has 28 heavy (non-hydrogen) atoms. The van der Waals surface area contributed by atoms with Gasteiger partial charge in [0.2, 0.25) is 0 Å². The summed E-state index contributed by atoms with van der Waals surface area (Å²) in [6, 6.07) is 13.9. The second-order valence-electron chi connectivity index (χ2n) is 7.15. The molecule has 4 rings (SSSR count). The molecule has 1 aromatic heterocycles. The van der Waals surface area contributed by atoms with E-state index in [4.69, 9.17) is 4.74 Å². The third-order valence-electron chi connectivity index (χ3n) is 5.29. The van der Waals surface area contributed by atoms with E-state index in [2.05, 4.69) is 5.32 Å². The first kappa shape index (κ1) is 18.7. The largest absolute Gasteiger partial charge is 0.462 e. The van der Waals surface area contributed by atoms with Crippen LogP contribution in [0.25, 0.3) is 0 Å². The van der Waals surface area contributed by atoms with E-state index in [0.29, 0.717) is 25.0 Å². The third kappa shape index (κ3) is 3.67. The zero-order valence-corrected chi connectivity index (χ0v) is 16.7. The highest BCUT2D eigenvalue weighted by Gasteiger charge is 2.39. The molecule has 0 bridgehead atoms. The van der Waals surface area contributed by atoms with Gasteiger partial charge in [-0.05, 0) is 36.8 Å². The second-order valence-corrected chi connectivity index (χ2v) is 8.13. The van der Waals surface area contributed by atoms with Crippen LogP contribution in [0.1, 0.15) is 42.5 Å². The Balaban J connectivity index is 1.59. The van der Waals surface area contributed by atoms with Crippen LogP contribution in [0.4, 0.5) is 0 Å². The summed E-state index contributed by atoms with van der Waals surface area (Å²) in [4.78, 5) is 26.8. The molecule has 0 unspecified atom stereocenters. The lowest BCUT2D eigenvalue weighted by molar-refractivity contribution is -0.139. The number of thiophene rings is 1. The van der Waals surface area contributed by atoms with E-state index >= 15 is 0 Å². The number of hydrogen-bond donors (Lipinski definition) is 1. The third-order valence-corrected chi connectivity index (χ3v) is 6.23. The van der Waals surface area contributed by atoms with Crippen molar-refractivity contribution < 1.29 is 14.3 Å². The molecule has 5 heteroatoms. The zero-order chi connectivity index (χ0) is 19.5. The number of ketones is 1. The number of benzene rings is 1. The second kappa shape index (κ2) is 8.15. The molecule has 1 aliphatic heterocycles. The Morgan fingerprint density at radius 1 is 1.18 bits per heavy atom. The molecule has 0 saturated heterocycles. The van der Waals surface area contributed by atoms with Crippen LogP contribution in [-0.4, -0.2) is 18.4 Å². The molecule has 1 atom stereocenters. The molecule has 0 saturated carbocycles. The van der Waals surface area contributed by atoms with Gasteiger partial charge in [-0.15, -0.1) is 11.3 Å². The quantitative estimate of drug-likeness (QED) is 0.760. The Hall–Kier alpha value is -2.66. The summed E-state index contributed by atoms with van der Waals surface area (Å²) < 4.78 is 5.63. The van der Waals surface area contributed by atoms with E-state index in [0.717, 1.165) is 40.2 Å². The van der Waals surface area contributed by atoms with E-state index in [-0.39, 0.29) is 17.7 Å². The summed E-state index contributed by atoms with van der Waals surface area (Å²) in [6.45, 7) is 2.22. The van der Waals surface area contributed by atoms with Gasteiger partial charge in [-0.25, -0.2) is 4.79 Å². The van der Waals surface area contributed by atoms with Gasteiger partial charge in [-0.3, -0.25) is 4.79 Å². The monoisotopic (exact) mass is 393 g/mol. The number of Topliss-reactive ketones (excluding diaryl/α,β-unsaturated/α-hetero) is 1. The van der Waals surface area contributed by atoms with Crippen LogP contribution >= 0.6 is 11.3 Å². The zero-order valence-electron chi connectivity index (χ0n) is 15.9.